The van der Waals surface area contributed by atoms with E-state index in [1.54, 1.807) is 4.90 Å². The lowest BCUT2D eigenvalue weighted by Gasteiger charge is -2.27. The zero-order valence-corrected chi connectivity index (χ0v) is 15.2. The molecule has 0 unspecified atom stereocenters. The van der Waals surface area contributed by atoms with Gasteiger partial charge in [0.1, 0.15) is 17.2 Å². The Labute approximate surface area is 161 Å². The fourth-order valence-corrected chi connectivity index (χ4v) is 3.52. The standard InChI is InChI=1S/C20H18ClN3O3/c21-15-9-13(17(25)10-18(15)26)20-14-11-24(7-6-16(14)22-23-20)19(27)8-12-4-2-1-3-5-12/h1-5,9-10,25-26H,6-8,11H2,(H,22,23). The number of aromatic hydroxyl groups is 2. The van der Waals surface area contributed by atoms with Crippen LogP contribution in [0, 0.1) is 0 Å². The van der Waals surface area contributed by atoms with Crippen LogP contribution in [0.3, 0.4) is 0 Å². The minimum atomic E-state index is -0.193. The molecule has 6 nitrogen and oxygen atoms in total. The van der Waals surface area contributed by atoms with Crippen molar-refractivity contribution in [2.75, 3.05) is 6.54 Å². The molecular formula is C20H18ClN3O3. The molecule has 0 atom stereocenters. The van der Waals surface area contributed by atoms with Crippen LogP contribution in [0.5, 0.6) is 11.5 Å². The number of nitrogens with zero attached hydrogens (tertiary/aromatic N) is 2. The number of H-pyrrole nitrogens is 1. The monoisotopic (exact) mass is 383 g/mol. The largest absolute Gasteiger partial charge is 0.507 e. The number of phenolic OH excluding ortho intramolecular Hbond substituents is 2. The number of fused-ring (bicyclic) bond motifs is 1. The lowest BCUT2D eigenvalue weighted by atomic mass is 9.99. The number of hydrogen-bond donors (Lipinski definition) is 3. The van der Waals surface area contributed by atoms with E-state index in [0.717, 1.165) is 16.8 Å². The third-order valence-corrected chi connectivity index (χ3v) is 5.11. The van der Waals surface area contributed by atoms with E-state index in [0.29, 0.717) is 37.2 Å². The van der Waals surface area contributed by atoms with Gasteiger partial charge in [-0.3, -0.25) is 9.89 Å². The second-order valence-corrected chi connectivity index (χ2v) is 6.98. The van der Waals surface area contributed by atoms with Crippen molar-refractivity contribution in [3.8, 4) is 22.8 Å². The molecule has 0 saturated carbocycles. The topological polar surface area (TPSA) is 89.5 Å². The first-order valence-electron chi connectivity index (χ1n) is 8.62. The Morgan fingerprint density at radius 2 is 1.96 bits per heavy atom. The van der Waals surface area contributed by atoms with E-state index in [4.69, 9.17) is 11.6 Å². The van der Waals surface area contributed by atoms with Crippen LogP contribution < -0.4 is 0 Å². The van der Waals surface area contributed by atoms with Crippen LogP contribution in [0.4, 0.5) is 0 Å². The van der Waals surface area contributed by atoms with Crippen LogP contribution in [0.2, 0.25) is 5.02 Å². The van der Waals surface area contributed by atoms with Gasteiger partial charge >= 0.3 is 0 Å². The number of carbonyl (C=O) groups excluding carboxylic acids is 1. The van der Waals surface area contributed by atoms with E-state index in [2.05, 4.69) is 10.2 Å². The number of halogens is 1. The summed E-state index contributed by atoms with van der Waals surface area (Å²) in [7, 11) is 0. The number of carbonyl (C=O) groups is 1. The van der Waals surface area contributed by atoms with E-state index in [1.165, 1.54) is 12.1 Å². The first-order valence-corrected chi connectivity index (χ1v) is 9.00. The molecule has 138 valence electrons. The molecule has 4 rings (SSSR count). The second kappa shape index (κ2) is 6.96. The minimum absolute atomic E-state index is 0.0481. The van der Waals surface area contributed by atoms with Crippen molar-refractivity contribution >= 4 is 17.5 Å². The van der Waals surface area contributed by atoms with Crippen molar-refractivity contribution in [2.45, 2.75) is 19.4 Å². The number of hydrogen-bond acceptors (Lipinski definition) is 4. The Morgan fingerprint density at radius 1 is 1.19 bits per heavy atom. The Hall–Kier alpha value is -2.99. The zero-order valence-electron chi connectivity index (χ0n) is 14.4. The average molecular weight is 384 g/mol. The maximum atomic E-state index is 12.7. The smallest absolute Gasteiger partial charge is 0.227 e. The summed E-state index contributed by atoms with van der Waals surface area (Å²) in [6, 6.07) is 12.3. The van der Waals surface area contributed by atoms with E-state index in [1.807, 2.05) is 30.3 Å². The number of amides is 1. The molecule has 3 aromatic rings. The van der Waals surface area contributed by atoms with Gasteiger partial charge in [0.15, 0.2) is 0 Å². The zero-order chi connectivity index (χ0) is 19.0. The highest BCUT2D eigenvalue weighted by Crippen LogP contribution is 2.39. The lowest BCUT2D eigenvalue weighted by molar-refractivity contribution is -0.131. The van der Waals surface area contributed by atoms with Crippen molar-refractivity contribution in [1.29, 1.82) is 0 Å². The van der Waals surface area contributed by atoms with E-state index in [-0.39, 0.29) is 22.4 Å². The molecule has 1 amide bonds. The predicted octanol–water partition coefficient (Wildman–Crippen LogP) is 3.27. The molecule has 1 aromatic heterocycles. The molecule has 0 bridgehead atoms. The third-order valence-electron chi connectivity index (χ3n) is 4.80. The Bertz CT molecular complexity index is 1000. The van der Waals surface area contributed by atoms with Gasteiger partial charge in [0.2, 0.25) is 5.91 Å². The highest BCUT2D eigenvalue weighted by Gasteiger charge is 2.27. The van der Waals surface area contributed by atoms with E-state index < -0.39 is 0 Å². The molecule has 0 aliphatic carbocycles. The molecular weight excluding hydrogens is 366 g/mol. The summed E-state index contributed by atoms with van der Waals surface area (Å²) < 4.78 is 0. The van der Waals surface area contributed by atoms with Gasteiger partial charge in [0, 0.05) is 42.4 Å². The van der Waals surface area contributed by atoms with Gasteiger partial charge in [-0.05, 0) is 11.6 Å². The second-order valence-electron chi connectivity index (χ2n) is 6.58. The van der Waals surface area contributed by atoms with Crippen LogP contribution in [0.25, 0.3) is 11.3 Å². The van der Waals surface area contributed by atoms with Gasteiger partial charge in [0.05, 0.1) is 11.4 Å². The highest BCUT2D eigenvalue weighted by atomic mass is 35.5. The fourth-order valence-electron chi connectivity index (χ4n) is 3.35. The summed E-state index contributed by atoms with van der Waals surface area (Å²) in [6.07, 6.45) is 1.01. The average Bonchev–Trinajstić information content (AvgIpc) is 3.08. The molecule has 1 aliphatic heterocycles. The van der Waals surface area contributed by atoms with Crippen molar-refractivity contribution in [3.63, 3.8) is 0 Å². The molecule has 3 N–H and O–H groups in total. The summed E-state index contributed by atoms with van der Waals surface area (Å²) in [4.78, 5) is 14.5. The SMILES string of the molecule is O=C(Cc1ccccc1)N1CCc2[nH]nc(-c3cc(Cl)c(O)cc3O)c2C1. The Kier molecular flexibility index (Phi) is 4.49. The Balaban J connectivity index is 1.61. The van der Waals surface area contributed by atoms with Gasteiger partial charge in [-0.25, -0.2) is 0 Å². The number of rotatable bonds is 3. The summed E-state index contributed by atoms with van der Waals surface area (Å²) in [5.41, 5.74) is 3.75. The third kappa shape index (κ3) is 3.36. The summed E-state index contributed by atoms with van der Waals surface area (Å²) in [5, 5.41) is 27.3. The highest BCUT2D eigenvalue weighted by molar-refractivity contribution is 6.32. The van der Waals surface area contributed by atoms with Crippen molar-refractivity contribution in [3.05, 3.63) is 64.3 Å². The molecule has 0 fully saturated rings. The van der Waals surface area contributed by atoms with Crippen LogP contribution in [-0.2, 0) is 24.2 Å². The molecule has 27 heavy (non-hydrogen) atoms. The quantitative estimate of drug-likeness (QED) is 0.647. The number of benzene rings is 2. The number of phenols is 2. The maximum Gasteiger partial charge on any atom is 0.227 e. The van der Waals surface area contributed by atoms with Crippen LogP contribution in [0.1, 0.15) is 16.8 Å². The fraction of sp³-hybridized carbons (Fsp3) is 0.200. The van der Waals surface area contributed by atoms with Crippen LogP contribution >= 0.6 is 11.6 Å². The molecule has 2 aromatic carbocycles. The van der Waals surface area contributed by atoms with Crippen molar-refractivity contribution < 1.29 is 15.0 Å². The summed E-state index contributed by atoms with van der Waals surface area (Å²) >= 11 is 5.99. The first-order chi connectivity index (χ1) is 13.0. The van der Waals surface area contributed by atoms with Gasteiger partial charge < -0.3 is 15.1 Å². The minimum Gasteiger partial charge on any atom is -0.507 e. The van der Waals surface area contributed by atoms with Crippen LogP contribution in [-0.4, -0.2) is 37.8 Å². The molecule has 0 spiro atoms. The first kappa shape index (κ1) is 17.4. The van der Waals surface area contributed by atoms with E-state index in [9.17, 15) is 15.0 Å². The van der Waals surface area contributed by atoms with Gasteiger partial charge in [-0.1, -0.05) is 41.9 Å². The molecule has 1 aliphatic rings. The summed E-state index contributed by atoms with van der Waals surface area (Å²) in [6.45, 7) is 1.02. The predicted molar refractivity (Wildman–Crippen MR) is 102 cm³/mol. The number of aromatic nitrogens is 2. The van der Waals surface area contributed by atoms with E-state index >= 15 is 0 Å². The van der Waals surface area contributed by atoms with Gasteiger partial charge in [-0.15, -0.1) is 0 Å². The molecule has 7 heteroatoms. The van der Waals surface area contributed by atoms with Gasteiger partial charge in [0.25, 0.3) is 0 Å². The Morgan fingerprint density at radius 3 is 2.74 bits per heavy atom. The molecule has 0 saturated heterocycles. The molecule has 0 radical (unpaired) electrons. The van der Waals surface area contributed by atoms with Crippen LogP contribution in [0.15, 0.2) is 42.5 Å². The van der Waals surface area contributed by atoms with Crippen molar-refractivity contribution in [2.24, 2.45) is 0 Å². The van der Waals surface area contributed by atoms with Crippen molar-refractivity contribution in [1.82, 2.24) is 15.1 Å². The number of nitrogens with one attached hydrogen (secondary N) is 1. The maximum absolute atomic E-state index is 12.7. The summed E-state index contributed by atoms with van der Waals surface area (Å²) in [5.74, 6) is -0.257. The molecule has 2 heterocycles. The lowest BCUT2D eigenvalue weighted by Crippen LogP contribution is -2.36. The van der Waals surface area contributed by atoms with Gasteiger partial charge in [-0.2, -0.15) is 5.10 Å². The normalized spacial score (nSPS) is 13.4. The number of aromatic amines is 1.